The van der Waals surface area contributed by atoms with E-state index in [1.54, 1.807) is 6.20 Å². The number of hydrogen-bond donors (Lipinski definition) is 1. The zero-order valence-electron chi connectivity index (χ0n) is 10.2. The highest BCUT2D eigenvalue weighted by atomic mass is 15.3. The summed E-state index contributed by atoms with van der Waals surface area (Å²) in [7, 11) is 1.90. The summed E-state index contributed by atoms with van der Waals surface area (Å²) in [6.45, 7) is 0.694. The van der Waals surface area contributed by atoms with Crippen molar-refractivity contribution < 1.29 is 0 Å². The molecule has 0 aliphatic heterocycles. The van der Waals surface area contributed by atoms with Crippen LogP contribution in [0.25, 0.3) is 11.0 Å². The highest BCUT2D eigenvalue weighted by molar-refractivity contribution is 5.74. The molecule has 1 atom stereocenters. The first-order chi connectivity index (χ1) is 8.75. The molecule has 0 bridgehead atoms. The molecule has 2 N–H and O–H groups in total. The molecule has 1 unspecified atom stereocenters. The predicted octanol–water partition coefficient (Wildman–Crippen LogP) is 1.47. The zero-order chi connectivity index (χ0) is 12.5. The van der Waals surface area contributed by atoms with Crippen molar-refractivity contribution in [2.24, 2.45) is 12.8 Å². The van der Waals surface area contributed by atoms with E-state index >= 15 is 0 Å². The van der Waals surface area contributed by atoms with E-state index in [4.69, 9.17) is 5.73 Å². The Kier molecular flexibility index (Phi) is 2.60. The van der Waals surface area contributed by atoms with Gasteiger partial charge >= 0.3 is 0 Å². The quantitative estimate of drug-likeness (QED) is 0.755. The third-order valence-electron chi connectivity index (χ3n) is 3.16. The van der Waals surface area contributed by atoms with Gasteiger partial charge in [-0.05, 0) is 18.2 Å². The van der Waals surface area contributed by atoms with Gasteiger partial charge in [0.25, 0.3) is 0 Å². The largest absolute Gasteiger partial charge is 0.329 e. The Labute approximate surface area is 105 Å². The molecule has 3 aromatic rings. The monoisotopic (exact) mass is 241 g/mol. The number of nitrogens with two attached hydrogens (primary N) is 1. The van der Waals surface area contributed by atoms with E-state index in [2.05, 4.69) is 20.7 Å². The average Bonchev–Trinajstić information content (AvgIpc) is 2.97. The normalized spacial score (nSPS) is 13.0. The molecular formula is C13H15N5. The van der Waals surface area contributed by atoms with Gasteiger partial charge < -0.3 is 10.3 Å². The fourth-order valence-electron chi connectivity index (χ4n) is 2.21. The molecule has 0 aliphatic carbocycles. The minimum Gasteiger partial charge on any atom is -0.329 e. The Balaban J connectivity index is 1.91. The molecule has 1 aromatic carbocycles. The molecule has 0 saturated carbocycles. The lowest BCUT2D eigenvalue weighted by Crippen LogP contribution is -2.20. The Bertz CT molecular complexity index is 667. The van der Waals surface area contributed by atoms with E-state index in [1.165, 1.54) is 0 Å². The maximum atomic E-state index is 6.21. The van der Waals surface area contributed by atoms with Crippen LogP contribution in [0.2, 0.25) is 0 Å². The number of aromatic nitrogens is 4. The fraction of sp³-hybridized carbons (Fsp3) is 0.231. The van der Waals surface area contributed by atoms with Crippen LogP contribution in [0.1, 0.15) is 11.7 Å². The number of benzene rings is 1. The smallest absolute Gasteiger partial charge is 0.0958 e. The van der Waals surface area contributed by atoms with Crippen LogP contribution in [-0.2, 0) is 13.6 Å². The van der Waals surface area contributed by atoms with Crippen LogP contribution in [0.15, 0.2) is 42.9 Å². The van der Waals surface area contributed by atoms with Gasteiger partial charge in [0.1, 0.15) is 0 Å². The van der Waals surface area contributed by atoms with Gasteiger partial charge in [-0.15, -0.1) is 0 Å². The summed E-state index contributed by atoms with van der Waals surface area (Å²) in [6.07, 6.45) is 3.60. The van der Waals surface area contributed by atoms with Gasteiger partial charge in [0, 0.05) is 19.8 Å². The number of nitrogens with zero attached hydrogens (tertiary/aromatic N) is 4. The zero-order valence-corrected chi connectivity index (χ0v) is 10.2. The van der Waals surface area contributed by atoms with Crippen molar-refractivity contribution in [2.75, 3.05) is 0 Å². The molecule has 0 amide bonds. The van der Waals surface area contributed by atoms with Crippen molar-refractivity contribution in [1.29, 1.82) is 0 Å². The number of aryl methyl sites for hydroxylation is 1. The van der Waals surface area contributed by atoms with Crippen LogP contribution >= 0.6 is 0 Å². The second kappa shape index (κ2) is 4.27. The summed E-state index contributed by atoms with van der Waals surface area (Å²) >= 11 is 0. The predicted molar refractivity (Wildman–Crippen MR) is 69.9 cm³/mol. The highest BCUT2D eigenvalue weighted by Gasteiger charge is 2.12. The molecule has 2 aromatic heterocycles. The molecule has 5 heteroatoms. The van der Waals surface area contributed by atoms with Gasteiger partial charge in [0.2, 0.25) is 0 Å². The van der Waals surface area contributed by atoms with Gasteiger partial charge in [-0.3, -0.25) is 4.68 Å². The molecule has 92 valence electrons. The van der Waals surface area contributed by atoms with Gasteiger partial charge in [-0.1, -0.05) is 12.1 Å². The number of rotatable bonds is 3. The van der Waals surface area contributed by atoms with Crippen LogP contribution in [0.3, 0.4) is 0 Å². The summed E-state index contributed by atoms with van der Waals surface area (Å²) in [5.41, 5.74) is 9.34. The number of fused-ring (bicyclic) bond motifs is 1. The lowest BCUT2D eigenvalue weighted by atomic mass is 10.2. The molecule has 2 heterocycles. The molecule has 18 heavy (non-hydrogen) atoms. The lowest BCUT2D eigenvalue weighted by molar-refractivity contribution is 0.542. The van der Waals surface area contributed by atoms with Crippen LogP contribution in [-0.4, -0.2) is 19.3 Å². The van der Waals surface area contributed by atoms with Crippen LogP contribution < -0.4 is 5.73 Å². The van der Waals surface area contributed by atoms with Crippen LogP contribution in [0.5, 0.6) is 0 Å². The Hall–Kier alpha value is -2.14. The fourth-order valence-corrected chi connectivity index (χ4v) is 2.21. The van der Waals surface area contributed by atoms with Crippen molar-refractivity contribution in [2.45, 2.75) is 12.6 Å². The number of hydrogen-bond acceptors (Lipinski definition) is 3. The third-order valence-corrected chi connectivity index (χ3v) is 3.16. The first-order valence-corrected chi connectivity index (χ1v) is 5.89. The standard InChI is InChI=1S/C13H15N5/c1-17-12(6-7-16-17)10(14)8-18-9-15-11-4-2-3-5-13(11)18/h2-7,9-10H,8,14H2,1H3. The number of imidazole rings is 1. The van der Waals surface area contributed by atoms with Crippen molar-refractivity contribution in [3.63, 3.8) is 0 Å². The number of para-hydroxylation sites is 2. The molecule has 3 rings (SSSR count). The van der Waals surface area contributed by atoms with Crippen molar-refractivity contribution in [3.8, 4) is 0 Å². The van der Waals surface area contributed by atoms with Crippen LogP contribution in [0, 0.1) is 0 Å². The van der Waals surface area contributed by atoms with E-state index in [9.17, 15) is 0 Å². The maximum Gasteiger partial charge on any atom is 0.0958 e. The van der Waals surface area contributed by atoms with E-state index in [1.807, 2.05) is 42.3 Å². The van der Waals surface area contributed by atoms with E-state index < -0.39 is 0 Å². The first kappa shape index (κ1) is 11.0. The lowest BCUT2D eigenvalue weighted by Gasteiger charge is -2.13. The van der Waals surface area contributed by atoms with E-state index in [-0.39, 0.29) is 6.04 Å². The van der Waals surface area contributed by atoms with E-state index in [0.29, 0.717) is 6.54 Å². The Morgan fingerprint density at radius 2 is 2.11 bits per heavy atom. The SMILES string of the molecule is Cn1nccc1C(N)Cn1cnc2ccccc21. The minimum absolute atomic E-state index is 0.0879. The maximum absolute atomic E-state index is 6.21. The third kappa shape index (κ3) is 1.78. The molecule has 0 saturated heterocycles. The van der Waals surface area contributed by atoms with E-state index in [0.717, 1.165) is 16.7 Å². The van der Waals surface area contributed by atoms with Crippen molar-refractivity contribution in [1.82, 2.24) is 19.3 Å². The van der Waals surface area contributed by atoms with Crippen molar-refractivity contribution in [3.05, 3.63) is 48.5 Å². The second-order valence-electron chi connectivity index (χ2n) is 4.37. The molecular weight excluding hydrogens is 226 g/mol. The van der Waals surface area contributed by atoms with Crippen molar-refractivity contribution >= 4 is 11.0 Å². The van der Waals surface area contributed by atoms with Gasteiger partial charge in [-0.25, -0.2) is 4.98 Å². The molecule has 0 radical (unpaired) electrons. The summed E-state index contributed by atoms with van der Waals surface area (Å²) in [4.78, 5) is 4.36. The topological polar surface area (TPSA) is 61.7 Å². The summed E-state index contributed by atoms with van der Waals surface area (Å²) in [5, 5.41) is 4.14. The molecule has 0 fully saturated rings. The van der Waals surface area contributed by atoms with Gasteiger partial charge in [0.15, 0.2) is 0 Å². The second-order valence-corrected chi connectivity index (χ2v) is 4.37. The molecule has 5 nitrogen and oxygen atoms in total. The van der Waals surface area contributed by atoms with Crippen LogP contribution in [0.4, 0.5) is 0 Å². The summed E-state index contributed by atoms with van der Waals surface area (Å²) in [6, 6.07) is 9.91. The molecule has 0 spiro atoms. The Morgan fingerprint density at radius 3 is 2.89 bits per heavy atom. The minimum atomic E-state index is -0.0879. The molecule has 0 aliphatic rings. The summed E-state index contributed by atoms with van der Waals surface area (Å²) < 4.78 is 3.89. The highest BCUT2D eigenvalue weighted by Crippen LogP contribution is 2.16. The van der Waals surface area contributed by atoms with Gasteiger partial charge in [-0.2, -0.15) is 5.10 Å². The Morgan fingerprint density at radius 1 is 1.28 bits per heavy atom. The average molecular weight is 241 g/mol. The summed E-state index contributed by atoms with van der Waals surface area (Å²) in [5.74, 6) is 0. The van der Waals surface area contributed by atoms with Gasteiger partial charge in [0.05, 0.1) is 29.1 Å². The first-order valence-electron chi connectivity index (χ1n) is 5.89.